The number of hydrogen-bond donors (Lipinski definition) is 2. The summed E-state index contributed by atoms with van der Waals surface area (Å²) in [5.41, 5.74) is 7.52. The van der Waals surface area contributed by atoms with Crippen LogP contribution in [0.5, 0.6) is 0 Å². The molecule has 118 valence electrons. The molecule has 1 fully saturated rings. The Kier molecular flexibility index (Phi) is 3.96. The number of benzene rings is 1. The van der Waals surface area contributed by atoms with Crippen LogP contribution in [0.3, 0.4) is 0 Å². The van der Waals surface area contributed by atoms with Crippen molar-refractivity contribution >= 4 is 16.9 Å². The van der Waals surface area contributed by atoms with Gasteiger partial charge in [-0.05, 0) is 32.8 Å². The molecule has 4 heteroatoms. The third-order valence-electron chi connectivity index (χ3n) is 4.82. The van der Waals surface area contributed by atoms with Crippen LogP contribution in [0.2, 0.25) is 0 Å². The molecule has 1 amide bonds. The van der Waals surface area contributed by atoms with E-state index in [-0.39, 0.29) is 11.9 Å². The van der Waals surface area contributed by atoms with Gasteiger partial charge in [0.15, 0.2) is 0 Å². The maximum absolute atomic E-state index is 12.6. The summed E-state index contributed by atoms with van der Waals surface area (Å²) in [4.78, 5) is 12.6. The zero-order valence-corrected chi connectivity index (χ0v) is 13.3. The minimum absolute atomic E-state index is 0.0560. The van der Waals surface area contributed by atoms with Crippen molar-refractivity contribution in [3.8, 4) is 0 Å². The molecule has 0 spiro atoms. The molecule has 22 heavy (non-hydrogen) atoms. The lowest BCUT2D eigenvalue weighted by molar-refractivity contribution is -0.128. The van der Waals surface area contributed by atoms with Crippen LogP contribution in [-0.2, 0) is 4.79 Å². The second-order valence-electron chi connectivity index (χ2n) is 6.50. The first-order valence-electron chi connectivity index (χ1n) is 8.09. The smallest absolute Gasteiger partial charge is 0.240 e. The quantitative estimate of drug-likeness (QED) is 0.910. The second-order valence-corrected chi connectivity index (χ2v) is 6.50. The molecule has 0 saturated heterocycles. The number of fused-ring (bicyclic) bond motifs is 1. The summed E-state index contributed by atoms with van der Waals surface area (Å²) >= 11 is 0. The van der Waals surface area contributed by atoms with E-state index in [9.17, 15) is 4.79 Å². The van der Waals surface area contributed by atoms with Gasteiger partial charge in [-0.1, -0.05) is 37.5 Å². The fourth-order valence-electron chi connectivity index (χ4n) is 3.42. The lowest BCUT2D eigenvalue weighted by atomic mass is 9.81. The third kappa shape index (κ3) is 2.63. The molecular weight excluding hydrogens is 276 g/mol. The van der Waals surface area contributed by atoms with Crippen LogP contribution in [0.4, 0.5) is 0 Å². The first kappa shape index (κ1) is 15.1. The molecule has 3 N–H and O–H groups in total. The molecule has 0 bridgehead atoms. The van der Waals surface area contributed by atoms with E-state index in [4.69, 9.17) is 10.2 Å². The van der Waals surface area contributed by atoms with Crippen LogP contribution < -0.4 is 11.1 Å². The van der Waals surface area contributed by atoms with E-state index in [1.807, 2.05) is 38.1 Å². The Hall–Kier alpha value is -1.81. The highest BCUT2D eigenvalue weighted by Gasteiger charge is 2.36. The van der Waals surface area contributed by atoms with Gasteiger partial charge < -0.3 is 15.5 Å². The number of hydrogen-bond acceptors (Lipinski definition) is 3. The molecule has 1 aliphatic carbocycles. The number of nitrogens with two attached hydrogens (primary N) is 1. The number of nitrogens with one attached hydrogen (secondary N) is 1. The highest BCUT2D eigenvalue weighted by Crippen LogP contribution is 2.31. The van der Waals surface area contributed by atoms with Crippen molar-refractivity contribution in [1.29, 1.82) is 0 Å². The molecule has 1 aliphatic rings. The monoisotopic (exact) mass is 300 g/mol. The zero-order valence-electron chi connectivity index (χ0n) is 13.3. The van der Waals surface area contributed by atoms with Crippen LogP contribution in [0.25, 0.3) is 11.0 Å². The van der Waals surface area contributed by atoms with Crippen molar-refractivity contribution in [2.45, 2.75) is 57.5 Å². The molecule has 2 aromatic rings. The second kappa shape index (κ2) is 5.76. The van der Waals surface area contributed by atoms with Crippen molar-refractivity contribution in [3.05, 3.63) is 35.6 Å². The normalized spacial score (nSPS) is 19.0. The van der Waals surface area contributed by atoms with Crippen molar-refractivity contribution in [2.75, 3.05) is 0 Å². The Labute approximate surface area is 131 Å². The standard InChI is InChI=1S/C18H24N2O2/c1-12-14-8-4-5-9-15(14)22-16(12)13(2)20-17(21)18(19)10-6-3-7-11-18/h4-5,8-9,13H,3,6-7,10-11,19H2,1-2H3,(H,20,21). The van der Waals surface area contributed by atoms with Crippen LogP contribution in [0.1, 0.15) is 56.4 Å². The van der Waals surface area contributed by atoms with Gasteiger partial charge in [0.05, 0.1) is 11.6 Å². The number of amides is 1. The van der Waals surface area contributed by atoms with Gasteiger partial charge in [0.25, 0.3) is 0 Å². The van der Waals surface area contributed by atoms with Gasteiger partial charge in [-0.3, -0.25) is 4.79 Å². The first-order chi connectivity index (χ1) is 10.5. The zero-order chi connectivity index (χ0) is 15.7. The topological polar surface area (TPSA) is 68.3 Å². The third-order valence-corrected chi connectivity index (χ3v) is 4.82. The summed E-state index contributed by atoms with van der Waals surface area (Å²) in [6.07, 6.45) is 4.77. The minimum Gasteiger partial charge on any atom is -0.459 e. The van der Waals surface area contributed by atoms with Gasteiger partial charge in [-0.15, -0.1) is 0 Å². The minimum atomic E-state index is -0.716. The average Bonchev–Trinajstić information content (AvgIpc) is 2.86. The van der Waals surface area contributed by atoms with Crippen molar-refractivity contribution in [2.24, 2.45) is 5.73 Å². The molecule has 3 rings (SSSR count). The number of aryl methyl sites for hydroxylation is 1. The molecule has 1 atom stereocenters. The Bertz CT molecular complexity index is 683. The van der Waals surface area contributed by atoms with Gasteiger partial charge in [0.1, 0.15) is 11.3 Å². The van der Waals surface area contributed by atoms with Gasteiger partial charge in [0.2, 0.25) is 5.91 Å². The van der Waals surface area contributed by atoms with E-state index >= 15 is 0 Å². The van der Waals surface area contributed by atoms with Gasteiger partial charge >= 0.3 is 0 Å². The number of furan rings is 1. The molecule has 0 radical (unpaired) electrons. The predicted octanol–water partition coefficient (Wildman–Crippen LogP) is 3.58. The Balaban J connectivity index is 1.79. The van der Waals surface area contributed by atoms with Crippen LogP contribution >= 0.6 is 0 Å². The van der Waals surface area contributed by atoms with Crippen LogP contribution in [-0.4, -0.2) is 11.4 Å². The molecule has 1 heterocycles. The maximum atomic E-state index is 12.6. The Morgan fingerprint density at radius 1 is 1.27 bits per heavy atom. The summed E-state index contributed by atoms with van der Waals surface area (Å²) in [6.45, 7) is 3.98. The van der Waals surface area contributed by atoms with E-state index in [1.54, 1.807) is 0 Å². The van der Waals surface area contributed by atoms with Crippen molar-refractivity contribution < 1.29 is 9.21 Å². The Morgan fingerprint density at radius 3 is 2.64 bits per heavy atom. The van der Waals surface area contributed by atoms with Gasteiger partial charge in [-0.25, -0.2) is 0 Å². The number of carbonyl (C=O) groups excluding carboxylic acids is 1. The van der Waals surface area contributed by atoms with Crippen LogP contribution in [0, 0.1) is 6.92 Å². The van der Waals surface area contributed by atoms with Gasteiger partial charge in [0, 0.05) is 10.9 Å². The first-order valence-corrected chi connectivity index (χ1v) is 8.09. The van der Waals surface area contributed by atoms with E-state index < -0.39 is 5.54 Å². The fraction of sp³-hybridized carbons (Fsp3) is 0.500. The number of rotatable bonds is 3. The average molecular weight is 300 g/mol. The Morgan fingerprint density at radius 2 is 1.95 bits per heavy atom. The number of para-hydroxylation sites is 1. The largest absolute Gasteiger partial charge is 0.459 e. The summed E-state index contributed by atoms with van der Waals surface area (Å²) in [6, 6.07) is 7.76. The predicted molar refractivity (Wildman–Crippen MR) is 87.5 cm³/mol. The molecule has 1 aromatic carbocycles. The summed E-state index contributed by atoms with van der Waals surface area (Å²) < 4.78 is 5.93. The molecule has 1 saturated carbocycles. The highest BCUT2D eigenvalue weighted by molar-refractivity contribution is 5.87. The van der Waals surface area contributed by atoms with E-state index in [0.29, 0.717) is 0 Å². The maximum Gasteiger partial charge on any atom is 0.240 e. The SMILES string of the molecule is Cc1c(C(C)NC(=O)C2(N)CCCCC2)oc2ccccc12. The fourth-order valence-corrected chi connectivity index (χ4v) is 3.42. The highest BCUT2D eigenvalue weighted by atomic mass is 16.3. The lowest BCUT2D eigenvalue weighted by Gasteiger charge is -2.32. The lowest BCUT2D eigenvalue weighted by Crippen LogP contribution is -2.55. The molecule has 1 aromatic heterocycles. The molecular formula is C18H24N2O2. The molecule has 4 nitrogen and oxygen atoms in total. The summed E-state index contributed by atoms with van der Waals surface area (Å²) in [5.74, 6) is 0.758. The van der Waals surface area contributed by atoms with E-state index in [0.717, 1.165) is 48.0 Å². The van der Waals surface area contributed by atoms with Crippen molar-refractivity contribution in [3.63, 3.8) is 0 Å². The summed E-state index contributed by atoms with van der Waals surface area (Å²) in [5, 5.41) is 4.15. The molecule has 0 aliphatic heterocycles. The molecule has 1 unspecified atom stereocenters. The van der Waals surface area contributed by atoms with Crippen molar-refractivity contribution in [1.82, 2.24) is 5.32 Å². The van der Waals surface area contributed by atoms with Gasteiger partial charge in [-0.2, -0.15) is 0 Å². The summed E-state index contributed by atoms with van der Waals surface area (Å²) in [7, 11) is 0. The van der Waals surface area contributed by atoms with E-state index in [1.165, 1.54) is 6.42 Å². The van der Waals surface area contributed by atoms with Crippen LogP contribution in [0.15, 0.2) is 28.7 Å². The van der Waals surface area contributed by atoms with E-state index in [2.05, 4.69) is 5.32 Å². The number of carbonyl (C=O) groups is 1.